The second-order valence-corrected chi connectivity index (χ2v) is 6.17. The number of methoxy groups -OCH3 is 1. The van der Waals surface area contributed by atoms with Gasteiger partial charge >= 0.3 is 0 Å². The van der Waals surface area contributed by atoms with Crippen molar-refractivity contribution in [2.45, 2.75) is 25.4 Å². The first-order valence-corrected chi connectivity index (χ1v) is 7.87. The smallest absolute Gasteiger partial charge is 0.127 e. The van der Waals surface area contributed by atoms with Crippen LogP contribution in [0.15, 0.2) is 22.7 Å². The van der Waals surface area contributed by atoms with Crippen molar-refractivity contribution in [3.8, 4) is 0 Å². The van der Waals surface area contributed by atoms with Gasteiger partial charge in [0.1, 0.15) is 5.82 Å². The maximum atomic E-state index is 13.9. The van der Waals surface area contributed by atoms with Gasteiger partial charge in [0, 0.05) is 42.8 Å². The molecule has 1 fully saturated rings. The lowest BCUT2D eigenvalue weighted by atomic mass is 10.1. The van der Waals surface area contributed by atoms with Crippen molar-refractivity contribution in [1.29, 1.82) is 0 Å². The topological polar surface area (TPSA) is 24.5 Å². The fourth-order valence-electron chi connectivity index (χ4n) is 2.58. The van der Waals surface area contributed by atoms with Crippen LogP contribution in [0.3, 0.4) is 0 Å². The van der Waals surface area contributed by atoms with E-state index in [1.165, 1.54) is 18.9 Å². The van der Waals surface area contributed by atoms with Crippen molar-refractivity contribution in [1.82, 2.24) is 10.2 Å². The summed E-state index contributed by atoms with van der Waals surface area (Å²) in [6.07, 6.45) is 2.43. The van der Waals surface area contributed by atoms with Crippen LogP contribution in [0.5, 0.6) is 0 Å². The highest BCUT2D eigenvalue weighted by molar-refractivity contribution is 9.10. The molecule has 1 N–H and O–H groups in total. The molecule has 1 saturated heterocycles. The van der Waals surface area contributed by atoms with Crippen LogP contribution >= 0.6 is 15.9 Å². The first-order valence-electron chi connectivity index (χ1n) is 7.07. The van der Waals surface area contributed by atoms with Crippen molar-refractivity contribution in [2.24, 2.45) is 0 Å². The monoisotopic (exact) mass is 344 g/mol. The SMILES string of the molecule is COCCN(Cc1cc(Br)ccc1F)CC1CCCN1. The molecule has 1 aromatic rings. The molecular formula is C15H22BrFN2O. The average Bonchev–Trinajstić information content (AvgIpc) is 2.93. The maximum absolute atomic E-state index is 13.9. The van der Waals surface area contributed by atoms with Gasteiger partial charge < -0.3 is 10.1 Å². The predicted molar refractivity (Wildman–Crippen MR) is 82.3 cm³/mol. The maximum Gasteiger partial charge on any atom is 0.127 e. The molecule has 1 aliphatic heterocycles. The van der Waals surface area contributed by atoms with Gasteiger partial charge in [-0.25, -0.2) is 4.39 Å². The summed E-state index contributed by atoms with van der Waals surface area (Å²) in [6, 6.07) is 5.62. The van der Waals surface area contributed by atoms with Gasteiger partial charge in [-0.2, -0.15) is 0 Å². The molecule has 0 radical (unpaired) electrons. The second kappa shape index (κ2) is 8.08. The number of nitrogens with zero attached hydrogens (tertiary/aromatic N) is 1. The van der Waals surface area contributed by atoms with Gasteiger partial charge in [0.2, 0.25) is 0 Å². The van der Waals surface area contributed by atoms with Gasteiger partial charge in [0.25, 0.3) is 0 Å². The highest BCUT2D eigenvalue weighted by Crippen LogP contribution is 2.18. The number of halogens is 2. The number of hydrogen-bond acceptors (Lipinski definition) is 3. The van der Waals surface area contributed by atoms with Crippen molar-refractivity contribution >= 4 is 15.9 Å². The summed E-state index contributed by atoms with van der Waals surface area (Å²) >= 11 is 3.40. The Balaban J connectivity index is 1.99. The number of hydrogen-bond donors (Lipinski definition) is 1. The quantitative estimate of drug-likeness (QED) is 0.823. The van der Waals surface area contributed by atoms with E-state index in [0.717, 1.165) is 29.7 Å². The Morgan fingerprint density at radius 1 is 1.50 bits per heavy atom. The summed E-state index contributed by atoms with van der Waals surface area (Å²) in [7, 11) is 1.70. The summed E-state index contributed by atoms with van der Waals surface area (Å²) < 4.78 is 20.0. The minimum atomic E-state index is -0.144. The van der Waals surface area contributed by atoms with E-state index in [-0.39, 0.29) is 5.82 Å². The van der Waals surface area contributed by atoms with E-state index < -0.39 is 0 Å². The zero-order chi connectivity index (χ0) is 14.4. The van der Waals surface area contributed by atoms with Crippen molar-refractivity contribution in [2.75, 3.05) is 33.4 Å². The third-order valence-electron chi connectivity index (χ3n) is 3.65. The Hall–Kier alpha value is -0.490. The van der Waals surface area contributed by atoms with Crippen LogP contribution in [0, 0.1) is 5.82 Å². The summed E-state index contributed by atoms with van der Waals surface area (Å²) in [5.74, 6) is -0.144. The lowest BCUT2D eigenvalue weighted by Crippen LogP contribution is -2.38. The molecule has 0 spiro atoms. The molecule has 3 nitrogen and oxygen atoms in total. The standard InChI is InChI=1S/C15H22BrFN2O/c1-20-8-7-19(11-14-3-2-6-18-14)10-12-9-13(16)4-5-15(12)17/h4-5,9,14,18H,2-3,6-8,10-11H2,1H3. The fourth-order valence-corrected chi connectivity index (χ4v) is 2.99. The Labute approximate surface area is 128 Å². The van der Waals surface area contributed by atoms with E-state index in [1.807, 2.05) is 6.07 Å². The van der Waals surface area contributed by atoms with E-state index in [4.69, 9.17) is 4.74 Å². The molecule has 0 aliphatic carbocycles. The van der Waals surface area contributed by atoms with Crippen molar-refractivity contribution < 1.29 is 9.13 Å². The number of benzene rings is 1. The molecule has 1 heterocycles. The van der Waals surface area contributed by atoms with Gasteiger partial charge in [-0.1, -0.05) is 15.9 Å². The van der Waals surface area contributed by atoms with E-state index in [0.29, 0.717) is 19.2 Å². The Kier molecular flexibility index (Phi) is 6.42. The van der Waals surface area contributed by atoms with E-state index in [2.05, 4.69) is 26.1 Å². The first kappa shape index (κ1) is 15.9. The van der Waals surface area contributed by atoms with E-state index in [9.17, 15) is 4.39 Å². The predicted octanol–water partition coefficient (Wildman–Crippen LogP) is 2.79. The van der Waals surface area contributed by atoms with Crippen LogP contribution in [0.1, 0.15) is 18.4 Å². The number of nitrogens with one attached hydrogen (secondary N) is 1. The van der Waals surface area contributed by atoms with Gasteiger partial charge in [-0.05, 0) is 37.6 Å². The zero-order valence-electron chi connectivity index (χ0n) is 11.9. The molecule has 5 heteroatoms. The highest BCUT2D eigenvalue weighted by atomic mass is 79.9. The molecule has 20 heavy (non-hydrogen) atoms. The summed E-state index contributed by atoms with van der Waals surface area (Å²) in [6.45, 7) is 4.14. The summed E-state index contributed by atoms with van der Waals surface area (Å²) in [5.41, 5.74) is 0.730. The van der Waals surface area contributed by atoms with Gasteiger partial charge in [0.05, 0.1) is 6.61 Å². The second-order valence-electron chi connectivity index (χ2n) is 5.26. The van der Waals surface area contributed by atoms with Gasteiger partial charge in [-0.3, -0.25) is 4.90 Å². The number of rotatable bonds is 7. The summed E-state index contributed by atoms with van der Waals surface area (Å²) in [4.78, 5) is 2.26. The van der Waals surface area contributed by atoms with E-state index in [1.54, 1.807) is 13.2 Å². The van der Waals surface area contributed by atoms with Gasteiger partial charge in [0.15, 0.2) is 0 Å². The van der Waals surface area contributed by atoms with Gasteiger partial charge in [-0.15, -0.1) is 0 Å². The largest absolute Gasteiger partial charge is 0.383 e. The minimum absolute atomic E-state index is 0.144. The van der Waals surface area contributed by atoms with E-state index >= 15 is 0 Å². The Bertz CT molecular complexity index is 424. The lowest BCUT2D eigenvalue weighted by molar-refractivity contribution is 0.137. The zero-order valence-corrected chi connectivity index (χ0v) is 13.5. The molecule has 0 saturated carbocycles. The van der Waals surface area contributed by atoms with Crippen LogP contribution in [-0.4, -0.2) is 44.3 Å². The molecule has 0 amide bonds. The molecule has 1 unspecified atom stereocenters. The van der Waals surface area contributed by atoms with Crippen LogP contribution < -0.4 is 5.32 Å². The minimum Gasteiger partial charge on any atom is -0.383 e. The van der Waals surface area contributed by atoms with Crippen molar-refractivity contribution in [3.05, 3.63) is 34.1 Å². The third-order valence-corrected chi connectivity index (χ3v) is 4.15. The van der Waals surface area contributed by atoms with Crippen LogP contribution in [0.25, 0.3) is 0 Å². The van der Waals surface area contributed by atoms with Crippen LogP contribution in [0.2, 0.25) is 0 Å². The first-order chi connectivity index (χ1) is 9.69. The molecule has 0 aromatic heterocycles. The normalized spacial score (nSPS) is 18.9. The molecule has 2 rings (SSSR count). The molecular weight excluding hydrogens is 323 g/mol. The molecule has 1 aliphatic rings. The average molecular weight is 345 g/mol. The Morgan fingerprint density at radius 2 is 2.35 bits per heavy atom. The van der Waals surface area contributed by atoms with Crippen molar-refractivity contribution in [3.63, 3.8) is 0 Å². The molecule has 112 valence electrons. The molecule has 1 aromatic carbocycles. The molecule has 0 bridgehead atoms. The highest BCUT2D eigenvalue weighted by Gasteiger charge is 2.18. The molecule has 1 atom stereocenters. The fraction of sp³-hybridized carbons (Fsp3) is 0.600. The third kappa shape index (κ3) is 4.81. The number of ether oxygens (including phenoxy) is 1. The van der Waals surface area contributed by atoms with Crippen LogP contribution in [-0.2, 0) is 11.3 Å². The summed E-state index contributed by atoms with van der Waals surface area (Å²) in [5, 5.41) is 3.49. The lowest BCUT2D eigenvalue weighted by Gasteiger charge is -2.25. The van der Waals surface area contributed by atoms with Crippen LogP contribution in [0.4, 0.5) is 4.39 Å². The Morgan fingerprint density at radius 3 is 3.05 bits per heavy atom.